The minimum Gasteiger partial charge on any atom is -0.382 e. The highest BCUT2D eigenvalue weighted by Gasteiger charge is 2.06. The summed E-state index contributed by atoms with van der Waals surface area (Å²) in [5.74, 6) is 0.330. The van der Waals surface area contributed by atoms with Crippen LogP contribution in [0, 0.1) is 0 Å². The lowest BCUT2D eigenvalue weighted by atomic mass is 10.3. The predicted octanol–water partition coefficient (Wildman–Crippen LogP) is 1.04. The van der Waals surface area contributed by atoms with Gasteiger partial charge in [0.1, 0.15) is 5.82 Å². The second kappa shape index (κ2) is 5.03. The summed E-state index contributed by atoms with van der Waals surface area (Å²) in [6, 6.07) is 5.15. The fraction of sp³-hybridized carbons (Fsp3) is 0.417. The maximum absolute atomic E-state index is 11.6. The molecular formula is C12H17N5O. The van der Waals surface area contributed by atoms with Crippen LogP contribution in [0.1, 0.15) is 32.0 Å². The van der Waals surface area contributed by atoms with Gasteiger partial charge in [0, 0.05) is 18.3 Å². The number of hydrogen-bond donors (Lipinski definition) is 1. The Kier molecular flexibility index (Phi) is 3.45. The van der Waals surface area contributed by atoms with Gasteiger partial charge in [0.15, 0.2) is 0 Å². The van der Waals surface area contributed by atoms with E-state index < -0.39 is 0 Å². The summed E-state index contributed by atoms with van der Waals surface area (Å²) in [4.78, 5) is 11.6. The van der Waals surface area contributed by atoms with E-state index in [1.165, 1.54) is 16.8 Å². The van der Waals surface area contributed by atoms with Crippen LogP contribution >= 0.6 is 0 Å². The molecule has 2 N–H and O–H groups in total. The lowest BCUT2D eigenvalue weighted by molar-refractivity contribution is 0.470. The number of aromatic nitrogens is 4. The Morgan fingerprint density at radius 1 is 1.33 bits per heavy atom. The van der Waals surface area contributed by atoms with Crippen LogP contribution in [0.3, 0.4) is 0 Å². The van der Waals surface area contributed by atoms with E-state index in [1.807, 2.05) is 16.9 Å². The van der Waals surface area contributed by atoms with Crippen molar-refractivity contribution in [2.24, 2.45) is 0 Å². The van der Waals surface area contributed by atoms with E-state index in [0.717, 1.165) is 12.1 Å². The number of nitrogens with two attached hydrogens (primary N) is 1. The summed E-state index contributed by atoms with van der Waals surface area (Å²) < 4.78 is 3.21. The summed E-state index contributed by atoms with van der Waals surface area (Å²) in [6.07, 6.45) is 2.93. The van der Waals surface area contributed by atoms with Gasteiger partial charge in [-0.05, 0) is 25.5 Å². The second-order valence-corrected chi connectivity index (χ2v) is 4.30. The SMILES string of the molecule is CCC(C)n1ccc(Cn2nc(N)ccc2=O)n1. The van der Waals surface area contributed by atoms with Gasteiger partial charge >= 0.3 is 0 Å². The molecule has 0 aliphatic heterocycles. The minimum absolute atomic E-state index is 0.178. The predicted molar refractivity (Wildman–Crippen MR) is 69.2 cm³/mol. The fourth-order valence-electron chi connectivity index (χ4n) is 1.63. The minimum atomic E-state index is -0.178. The van der Waals surface area contributed by atoms with Crippen molar-refractivity contribution in [3.05, 3.63) is 40.4 Å². The van der Waals surface area contributed by atoms with Crippen LogP contribution in [-0.2, 0) is 6.54 Å². The molecule has 2 heterocycles. The molecule has 6 nitrogen and oxygen atoms in total. The van der Waals surface area contributed by atoms with Gasteiger partial charge in [-0.1, -0.05) is 6.92 Å². The molecule has 18 heavy (non-hydrogen) atoms. The molecule has 0 amide bonds. The van der Waals surface area contributed by atoms with Crippen molar-refractivity contribution in [2.75, 3.05) is 5.73 Å². The molecule has 0 saturated heterocycles. The number of hydrogen-bond acceptors (Lipinski definition) is 4. The zero-order chi connectivity index (χ0) is 13.1. The number of nitrogen functional groups attached to an aromatic ring is 1. The van der Waals surface area contributed by atoms with Crippen LogP contribution in [0.4, 0.5) is 5.82 Å². The van der Waals surface area contributed by atoms with Gasteiger partial charge in [-0.3, -0.25) is 9.48 Å². The average Bonchev–Trinajstić information content (AvgIpc) is 2.81. The first-order valence-corrected chi connectivity index (χ1v) is 5.98. The maximum atomic E-state index is 11.6. The van der Waals surface area contributed by atoms with Crippen molar-refractivity contribution < 1.29 is 0 Å². The Bertz CT molecular complexity index is 586. The highest BCUT2D eigenvalue weighted by Crippen LogP contribution is 2.09. The molecule has 6 heteroatoms. The molecule has 0 fully saturated rings. The summed E-state index contributed by atoms with van der Waals surface area (Å²) in [6.45, 7) is 4.55. The van der Waals surface area contributed by atoms with E-state index in [-0.39, 0.29) is 5.56 Å². The Labute approximate surface area is 105 Å². The van der Waals surface area contributed by atoms with Crippen molar-refractivity contribution >= 4 is 5.82 Å². The van der Waals surface area contributed by atoms with E-state index in [9.17, 15) is 4.79 Å². The average molecular weight is 247 g/mol. The largest absolute Gasteiger partial charge is 0.382 e. The zero-order valence-corrected chi connectivity index (χ0v) is 10.6. The molecule has 0 spiro atoms. The summed E-state index contributed by atoms with van der Waals surface area (Å²) >= 11 is 0. The molecule has 0 saturated carbocycles. The van der Waals surface area contributed by atoms with E-state index in [2.05, 4.69) is 24.0 Å². The smallest absolute Gasteiger partial charge is 0.267 e. The van der Waals surface area contributed by atoms with Crippen LogP contribution in [0.15, 0.2) is 29.2 Å². The first-order valence-electron chi connectivity index (χ1n) is 5.98. The molecule has 2 aromatic heterocycles. The normalized spacial score (nSPS) is 12.6. The van der Waals surface area contributed by atoms with Crippen molar-refractivity contribution in [1.82, 2.24) is 19.6 Å². The van der Waals surface area contributed by atoms with Gasteiger partial charge in [0.25, 0.3) is 5.56 Å². The molecule has 2 aromatic rings. The molecule has 2 rings (SSSR count). The third-order valence-corrected chi connectivity index (χ3v) is 2.91. The zero-order valence-electron chi connectivity index (χ0n) is 10.6. The molecule has 1 unspecified atom stereocenters. The van der Waals surface area contributed by atoms with Crippen LogP contribution in [0.5, 0.6) is 0 Å². The first-order chi connectivity index (χ1) is 8.60. The van der Waals surface area contributed by atoms with Crippen molar-refractivity contribution in [1.29, 1.82) is 0 Å². The van der Waals surface area contributed by atoms with Gasteiger partial charge in [-0.15, -0.1) is 0 Å². The van der Waals surface area contributed by atoms with E-state index in [1.54, 1.807) is 0 Å². The second-order valence-electron chi connectivity index (χ2n) is 4.30. The van der Waals surface area contributed by atoms with E-state index in [0.29, 0.717) is 18.4 Å². The Hall–Kier alpha value is -2.11. The van der Waals surface area contributed by atoms with Gasteiger partial charge in [0.2, 0.25) is 0 Å². The van der Waals surface area contributed by atoms with Crippen LogP contribution in [0.25, 0.3) is 0 Å². The number of rotatable bonds is 4. The topological polar surface area (TPSA) is 78.7 Å². The molecule has 96 valence electrons. The first kappa shape index (κ1) is 12.3. The lowest BCUT2D eigenvalue weighted by Crippen LogP contribution is -2.23. The van der Waals surface area contributed by atoms with E-state index >= 15 is 0 Å². The lowest BCUT2D eigenvalue weighted by Gasteiger charge is -2.08. The third-order valence-electron chi connectivity index (χ3n) is 2.91. The monoisotopic (exact) mass is 247 g/mol. The quantitative estimate of drug-likeness (QED) is 0.875. The Morgan fingerprint density at radius 2 is 2.11 bits per heavy atom. The van der Waals surface area contributed by atoms with Gasteiger partial charge in [0.05, 0.1) is 12.2 Å². The molecular weight excluding hydrogens is 230 g/mol. The molecule has 1 atom stereocenters. The highest BCUT2D eigenvalue weighted by atomic mass is 16.1. The van der Waals surface area contributed by atoms with Crippen molar-refractivity contribution in [2.45, 2.75) is 32.9 Å². The third kappa shape index (κ3) is 2.58. The van der Waals surface area contributed by atoms with Crippen LogP contribution < -0.4 is 11.3 Å². The van der Waals surface area contributed by atoms with Gasteiger partial charge in [-0.2, -0.15) is 10.2 Å². The molecule has 0 bridgehead atoms. The van der Waals surface area contributed by atoms with E-state index in [4.69, 9.17) is 5.73 Å². The van der Waals surface area contributed by atoms with Crippen LogP contribution in [0.2, 0.25) is 0 Å². The Morgan fingerprint density at radius 3 is 2.83 bits per heavy atom. The standard InChI is InChI=1S/C12H17N5O/c1-3-9(2)16-7-6-10(14-16)8-17-12(18)5-4-11(13)15-17/h4-7,9H,3,8H2,1-2H3,(H2,13,15). The fourth-order valence-corrected chi connectivity index (χ4v) is 1.63. The molecule has 0 radical (unpaired) electrons. The van der Waals surface area contributed by atoms with Gasteiger partial charge in [-0.25, -0.2) is 4.68 Å². The van der Waals surface area contributed by atoms with Crippen LogP contribution in [-0.4, -0.2) is 19.6 Å². The Balaban J connectivity index is 2.21. The molecule has 0 aliphatic carbocycles. The van der Waals surface area contributed by atoms with Crippen molar-refractivity contribution in [3.63, 3.8) is 0 Å². The molecule has 0 aromatic carbocycles. The summed E-state index contributed by atoms with van der Waals surface area (Å²) in [7, 11) is 0. The number of anilines is 1. The summed E-state index contributed by atoms with van der Waals surface area (Å²) in [5, 5.41) is 8.40. The van der Waals surface area contributed by atoms with Gasteiger partial charge < -0.3 is 5.73 Å². The number of nitrogens with zero attached hydrogens (tertiary/aromatic N) is 4. The van der Waals surface area contributed by atoms with Crippen molar-refractivity contribution in [3.8, 4) is 0 Å². The highest BCUT2D eigenvalue weighted by molar-refractivity contribution is 5.23. The maximum Gasteiger partial charge on any atom is 0.267 e. The molecule has 0 aliphatic rings. The summed E-state index contributed by atoms with van der Waals surface area (Å²) in [5.41, 5.74) is 6.18.